The van der Waals surface area contributed by atoms with Crippen LogP contribution in [0.2, 0.25) is 0 Å². The summed E-state index contributed by atoms with van der Waals surface area (Å²) in [4.78, 5) is 8.38. The van der Waals surface area contributed by atoms with Crippen LogP contribution in [0.15, 0.2) is 45.7 Å². The van der Waals surface area contributed by atoms with Crippen molar-refractivity contribution in [1.82, 2.24) is 9.97 Å². The Morgan fingerprint density at radius 2 is 1.86 bits per heavy atom. The van der Waals surface area contributed by atoms with E-state index in [0.29, 0.717) is 0 Å². The van der Waals surface area contributed by atoms with Gasteiger partial charge >= 0.3 is 0 Å². The van der Waals surface area contributed by atoms with E-state index >= 15 is 0 Å². The second-order valence-corrected chi connectivity index (χ2v) is 4.46. The van der Waals surface area contributed by atoms with Crippen LogP contribution in [-0.2, 0) is 0 Å². The highest BCUT2D eigenvalue weighted by Crippen LogP contribution is 2.20. The molecule has 1 aromatic heterocycles. The van der Waals surface area contributed by atoms with Crippen LogP contribution in [0.1, 0.15) is 0 Å². The summed E-state index contributed by atoms with van der Waals surface area (Å²) in [5.41, 5.74) is 1.92. The largest absolute Gasteiger partial charge is 0.252 e. The predicted molar refractivity (Wildman–Crippen MR) is 62.9 cm³/mol. The summed E-state index contributed by atoms with van der Waals surface area (Å²) in [5, 5.41) is 0. The van der Waals surface area contributed by atoms with E-state index in [1.807, 2.05) is 24.3 Å². The van der Waals surface area contributed by atoms with Crippen LogP contribution in [-0.4, -0.2) is 9.97 Å². The molecule has 1 heterocycles. The lowest BCUT2D eigenvalue weighted by molar-refractivity contribution is 1.17. The van der Waals surface area contributed by atoms with Gasteiger partial charge in [0.05, 0.1) is 18.1 Å². The number of hydrogen-bond donors (Lipinski definition) is 0. The van der Waals surface area contributed by atoms with Crippen molar-refractivity contribution in [2.75, 3.05) is 0 Å². The van der Waals surface area contributed by atoms with Gasteiger partial charge in [-0.05, 0) is 28.1 Å². The fourth-order valence-corrected chi connectivity index (χ4v) is 1.71. The maximum absolute atomic E-state index is 4.26. The lowest BCUT2D eigenvalue weighted by Gasteiger charge is -2.00. The molecule has 0 fully saturated rings. The van der Waals surface area contributed by atoms with E-state index in [1.165, 1.54) is 0 Å². The van der Waals surface area contributed by atoms with E-state index in [-0.39, 0.29) is 0 Å². The first kappa shape index (κ1) is 9.80. The van der Waals surface area contributed by atoms with Crippen molar-refractivity contribution in [2.45, 2.75) is 0 Å². The SMILES string of the molecule is Brc1cccc(-c2cnc(Br)cn2)c1. The molecule has 14 heavy (non-hydrogen) atoms. The molecule has 0 aliphatic heterocycles. The van der Waals surface area contributed by atoms with Crippen LogP contribution in [0.4, 0.5) is 0 Å². The predicted octanol–water partition coefficient (Wildman–Crippen LogP) is 3.67. The molecule has 0 spiro atoms. The Balaban J connectivity index is 2.44. The quantitative estimate of drug-likeness (QED) is 0.803. The van der Waals surface area contributed by atoms with Crippen molar-refractivity contribution in [1.29, 1.82) is 0 Å². The second-order valence-electron chi connectivity index (χ2n) is 2.73. The zero-order valence-corrected chi connectivity index (χ0v) is 10.3. The molecule has 0 unspecified atom stereocenters. The first-order chi connectivity index (χ1) is 6.75. The van der Waals surface area contributed by atoms with Crippen molar-refractivity contribution in [3.05, 3.63) is 45.7 Å². The number of nitrogens with zero attached hydrogens (tertiary/aromatic N) is 2. The van der Waals surface area contributed by atoms with Crippen molar-refractivity contribution < 1.29 is 0 Å². The van der Waals surface area contributed by atoms with Crippen molar-refractivity contribution in [3.8, 4) is 11.3 Å². The summed E-state index contributed by atoms with van der Waals surface area (Å²) in [6, 6.07) is 7.97. The number of hydrogen-bond acceptors (Lipinski definition) is 2. The summed E-state index contributed by atoms with van der Waals surface area (Å²) in [6.07, 6.45) is 3.43. The lowest BCUT2D eigenvalue weighted by atomic mass is 10.2. The topological polar surface area (TPSA) is 25.8 Å². The minimum atomic E-state index is 0.747. The van der Waals surface area contributed by atoms with Gasteiger partial charge < -0.3 is 0 Å². The van der Waals surface area contributed by atoms with E-state index in [0.717, 1.165) is 20.3 Å². The molecule has 0 aliphatic carbocycles. The number of halogens is 2. The van der Waals surface area contributed by atoms with Gasteiger partial charge in [-0.1, -0.05) is 28.1 Å². The molecule has 0 bridgehead atoms. The number of rotatable bonds is 1. The fraction of sp³-hybridized carbons (Fsp3) is 0. The molecule has 0 atom stereocenters. The molecule has 0 saturated carbocycles. The van der Waals surface area contributed by atoms with Crippen molar-refractivity contribution >= 4 is 31.9 Å². The van der Waals surface area contributed by atoms with Gasteiger partial charge in [-0.2, -0.15) is 0 Å². The molecule has 1 aromatic carbocycles. The Morgan fingerprint density at radius 1 is 1.00 bits per heavy atom. The molecule has 0 N–H and O–H groups in total. The number of aromatic nitrogens is 2. The van der Waals surface area contributed by atoms with Crippen LogP contribution in [0.5, 0.6) is 0 Å². The monoisotopic (exact) mass is 312 g/mol. The van der Waals surface area contributed by atoms with Gasteiger partial charge in [0.15, 0.2) is 0 Å². The molecule has 2 nitrogen and oxygen atoms in total. The summed E-state index contributed by atoms with van der Waals surface area (Å²) >= 11 is 6.67. The first-order valence-corrected chi connectivity index (χ1v) is 5.58. The molecule has 2 rings (SSSR count). The van der Waals surface area contributed by atoms with Gasteiger partial charge in [0.25, 0.3) is 0 Å². The average molecular weight is 314 g/mol. The molecule has 0 radical (unpaired) electrons. The highest BCUT2D eigenvalue weighted by atomic mass is 79.9. The normalized spacial score (nSPS) is 10.1. The Morgan fingerprint density at radius 3 is 2.50 bits per heavy atom. The zero-order valence-electron chi connectivity index (χ0n) is 7.11. The van der Waals surface area contributed by atoms with Gasteiger partial charge in [-0.25, -0.2) is 4.98 Å². The minimum Gasteiger partial charge on any atom is -0.252 e. The Bertz CT molecular complexity index is 440. The van der Waals surface area contributed by atoms with E-state index in [9.17, 15) is 0 Å². The van der Waals surface area contributed by atoms with Gasteiger partial charge in [0, 0.05) is 10.0 Å². The molecule has 0 aliphatic rings. The smallest absolute Gasteiger partial charge is 0.124 e. The standard InChI is InChI=1S/C10H6Br2N2/c11-8-3-1-2-7(4-8)9-5-14-10(12)6-13-9/h1-6H. The van der Waals surface area contributed by atoms with E-state index in [4.69, 9.17) is 0 Å². The Kier molecular flexibility index (Phi) is 2.93. The van der Waals surface area contributed by atoms with Gasteiger partial charge in [0.2, 0.25) is 0 Å². The first-order valence-electron chi connectivity index (χ1n) is 3.99. The maximum atomic E-state index is 4.26. The number of benzene rings is 1. The fourth-order valence-electron chi connectivity index (χ4n) is 1.11. The lowest BCUT2D eigenvalue weighted by Crippen LogP contribution is -1.85. The third-order valence-electron chi connectivity index (χ3n) is 1.74. The minimum absolute atomic E-state index is 0.747. The van der Waals surface area contributed by atoms with Gasteiger partial charge in [-0.15, -0.1) is 0 Å². The molecule has 2 aromatic rings. The summed E-state index contributed by atoms with van der Waals surface area (Å²) in [7, 11) is 0. The third kappa shape index (κ3) is 2.19. The van der Waals surface area contributed by atoms with Crippen LogP contribution in [0.3, 0.4) is 0 Å². The summed E-state index contributed by atoms with van der Waals surface area (Å²) in [5.74, 6) is 0. The van der Waals surface area contributed by atoms with Crippen LogP contribution in [0.25, 0.3) is 11.3 Å². The van der Waals surface area contributed by atoms with E-state index in [1.54, 1.807) is 12.4 Å². The van der Waals surface area contributed by atoms with E-state index in [2.05, 4.69) is 41.8 Å². The van der Waals surface area contributed by atoms with Crippen molar-refractivity contribution in [2.24, 2.45) is 0 Å². The maximum Gasteiger partial charge on any atom is 0.124 e. The average Bonchev–Trinajstić information content (AvgIpc) is 2.19. The Labute approximate surface area is 98.7 Å². The van der Waals surface area contributed by atoms with Crippen LogP contribution in [0, 0.1) is 0 Å². The molecule has 4 heteroatoms. The second kappa shape index (κ2) is 4.19. The van der Waals surface area contributed by atoms with E-state index < -0.39 is 0 Å². The van der Waals surface area contributed by atoms with Crippen LogP contribution >= 0.6 is 31.9 Å². The molecular formula is C10H6Br2N2. The summed E-state index contributed by atoms with van der Waals surface area (Å²) in [6.45, 7) is 0. The molecule has 70 valence electrons. The van der Waals surface area contributed by atoms with Gasteiger partial charge in [0.1, 0.15) is 4.60 Å². The molecular weight excluding hydrogens is 308 g/mol. The van der Waals surface area contributed by atoms with Crippen molar-refractivity contribution in [3.63, 3.8) is 0 Å². The van der Waals surface area contributed by atoms with Gasteiger partial charge in [-0.3, -0.25) is 4.98 Å². The summed E-state index contributed by atoms with van der Waals surface area (Å²) < 4.78 is 1.79. The Hall–Kier alpha value is -0.740. The highest BCUT2D eigenvalue weighted by Gasteiger charge is 1.99. The molecule has 0 amide bonds. The third-order valence-corrected chi connectivity index (χ3v) is 2.64. The highest BCUT2D eigenvalue weighted by molar-refractivity contribution is 9.10. The molecule has 0 saturated heterocycles. The van der Waals surface area contributed by atoms with Crippen LogP contribution < -0.4 is 0 Å². The zero-order chi connectivity index (χ0) is 9.97.